The summed E-state index contributed by atoms with van der Waals surface area (Å²) in [5.74, 6) is -0.411. The molecule has 1 spiro atoms. The van der Waals surface area contributed by atoms with Crippen molar-refractivity contribution in [2.75, 3.05) is 5.32 Å². The number of nitrogens with two attached hydrogens (primary N) is 1. The first-order valence-corrected chi connectivity index (χ1v) is 8.64. The minimum atomic E-state index is -4.48. The Morgan fingerprint density at radius 2 is 1.96 bits per heavy atom. The van der Waals surface area contributed by atoms with Crippen molar-refractivity contribution in [2.45, 2.75) is 37.4 Å². The maximum atomic E-state index is 13.0. The lowest BCUT2D eigenvalue weighted by molar-refractivity contribution is -0.137. The third-order valence-electron chi connectivity index (χ3n) is 5.61. The first-order chi connectivity index (χ1) is 12.3. The third kappa shape index (κ3) is 3.44. The summed E-state index contributed by atoms with van der Waals surface area (Å²) in [6.07, 6.45) is -1.86. The van der Waals surface area contributed by atoms with Crippen LogP contribution in [-0.4, -0.2) is 5.91 Å². The second-order valence-corrected chi connectivity index (χ2v) is 7.18. The van der Waals surface area contributed by atoms with E-state index in [1.807, 2.05) is 12.1 Å². The quantitative estimate of drug-likeness (QED) is 0.806. The fraction of sp³-hybridized carbons (Fsp3) is 0.350. The zero-order valence-electron chi connectivity index (χ0n) is 14.5. The minimum Gasteiger partial charge on any atom is -0.326 e. The molecule has 0 bridgehead atoms. The van der Waals surface area contributed by atoms with Crippen LogP contribution in [0.25, 0.3) is 0 Å². The maximum absolute atomic E-state index is 13.0. The highest BCUT2D eigenvalue weighted by Crippen LogP contribution is 2.61. The van der Waals surface area contributed by atoms with Crippen LogP contribution in [0.5, 0.6) is 0 Å². The van der Waals surface area contributed by atoms with Crippen LogP contribution in [0.15, 0.2) is 42.5 Å². The molecule has 27 heavy (non-hydrogen) atoms. The van der Waals surface area contributed by atoms with E-state index in [2.05, 4.69) is 17.4 Å². The fourth-order valence-corrected chi connectivity index (χ4v) is 4.21. The number of hydrogen-bond acceptors (Lipinski definition) is 2. The topological polar surface area (TPSA) is 55.1 Å². The van der Waals surface area contributed by atoms with E-state index in [9.17, 15) is 18.0 Å². The van der Waals surface area contributed by atoms with Crippen LogP contribution in [0.1, 0.15) is 35.1 Å². The molecule has 2 aromatic rings. The molecule has 7 heteroatoms. The standard InChI is InChI=1S/C20H19F3N2O.ClH/c21-20(22,23)14-7-12(11-24)8-15(9-14)25-18(26)17-10-19(17)6-5-13-3-1-2-4-16(13)19;/h1-4,7-9,17H,5-6,10-11,24H2,(H,25,26);1H. The Hall–Kier alpha value is -2.05. The number of alkyl halides is 3. The number of benzene rings is 2. The molecular weight excluding hydrogens is 377 g/mol. The summed E-state index contributed by atoms with van der Waals surface area (Å²) in [5, 5.41) is 2.68. The van der Waals surface area contributed by atoms with Crippen LogP contribution < -0.4 is 11.1 Å². The lowest BCUT2D eigenvalue weighted by atomic mass is 9.95. The summed E-state index contributed by atoms with van der Waals surface area (Å²) in [6.45, 7) is -0.0203. The maximum Gasteiger partial charge on any atom is 0.416 e. The normalized spacial score (nSPS) is 22.9. The van der Waals surface area contributed by atoms with Crippen LogP contribution in [0.3, 0.4) is 0 Å². The minimum absolute atomic E-state index is 0. The molecule has 2 unspecified atom stereocenters. The molecule has 0 heterocycles. The van der Waals surface area contributed by atoms with Gasteiger partial charge >= 0.3 is 6.18 Å². The molecule has 3 nitrogen and oxygen atoms in total. The summed E-state index contributed by atoms with van der Waals surface area (Å²) in [4.78, 5) is 12.7. The van der Waals surface area contributed by atoms with Crippen LogP contribution in [0.4, 0.5) is 18.9 Å². The lowest BCUT2D eigenvalue weighted by Crippen LogP contribution is -2.20. The van der Waals surface area contributed by atoms with Crippen molar-refractivity contribution in [2.24, 2.45) is 11.7 Å². The van der Waals surface area contributed by atoms with Gasteiger partial charge in [-0.1, -0.05) is 24.3 Å². The van der Waals surface area contributed by atoms with Gasteiger partial charge in [0.1, 0.15) is 0 Å². The van der Waals surface area contributed by atoms with E-state index >= 15 is 0 Å². The molecule has 4 rings (SSSR count). The molecule has 2 aliphatic carbocycles. The summed E-state index contributed by atoms with van der Waals surface area (Å²) in [7, 11) is 0. The van der Waals surface area contributed by atoms with E-state index < -0.39 is 11.7 Å². The van der Waals surface area contributed by atoms with Crippen LogP contribution in [0.2, 0.25) is 0 Å². The molecule has 3 N–H and O–H groups in total. The Bertz CT molecular complexity index is 884. The van der Waals surface area contributed by atoms with Crippen molar-refractivity contribution in [3.63, 3.8) is 0 Å². The van der Waals surface area contributed by atoms with E-state index in [1.165, 1.54) is 17.2 Å². The number of fused-ring (bicyclic) bond motifs is 2. The zero-order valence-corrected chi connectivity index (χ0v) is 15.3. The van der Waals surface area contributed by atoms with E-state index in [4.69, 9.17) is 5.73 Å². The lowest BCUT2D eigenvalue weighted by Gasteiger charge is -2.14. The first kappa shape index (κ1) is 19.7. The summed E-state index contributed by atoms with van der Waals surface area (Å²) >= 11 is 0. The molecule has 2 atom stereocenters. The smallest absolute Gasteiger partial charge is 0.326 e. The number of halogens is 4. The van der Waals surface area contributed by atoms with E-state index in [-0.39, 0.29) is 41.9 Å². The molecule has 0 aromatic heterocycles. The first-order valence-electron chi connectivity index (χ1n) is 8.64. The number of rotatable bonds is 3. The van der Waals surface area contributed by atoms with Gasteiger partial charge in [-0.25, -0.2) is 0 Å². The van der Waals surface area contributed by atoms with Gasteiger partial charge in [-0.2, -0.15) is 13.2 Å². The van der Waals surface area contributed by atoms with Gasteiger partial charge in [-0.15, -0.1) is 12.4 Å². The number of nitrogens with one attached hydrogen (secondary N) is 1. The highest BCUT2D eigenvalue weighted by molar-refractivity contribution is 5.96. The van der Waals surface area contributed by atoms with Gasteiger partial charge in [0.05, 0.1) is 5.56 Å². The zero-order chi connectivity index (χ0) is 18.5. The molecule has 1 amide bonds. The van der Waals surface area contributed by atoms with Gasteiger partial charge < -0.3 is 11.1 Å². The van der Waals surface area contributed by atoms with Crippen molar-refractivity contribution < 1.29 is 18.0 Å². The Morgan fingerprint density at radius 1 is 1.22 bits per heavy atom. The van der Waals surface area contributed by atoms with E-state index in [0.29, 0.717) is 5.56 Å². The van der Waals surface area contributed by atoms with Gasteiger partial charge in [-0.3, -0.25) is 4.79 Å². The molecule has 2 aromatic carbocycles. The number of anilines is 1. The van der Waals surface area contributed by atoms with Gasteiger partial charge in [0.2, 0.25) is 5.91 Å². The Balaban J connectivity index is 0.00000210. The number of carbonyl (C=O) groups excluding carboxylic acids is 1. The van der Waals surface area contributed by atoms with Crippen LogP contribution in [0, 0.1) is 5.92 Å². The highest BCUT2D eigenvalue weighted by Gasteiger charge is 2.61. The van der Waals surface area contributed by atoms with Gasteiger partial charge in [-0.05, 0) is 54.2 Å². The molecule has 0 radical (unpaired) electrons. The van der Waals surface area contributed by atoms with Crippen molar-refractivity contribution in [3.05, 3.63) is 64.7 Å². The Labute approximate surface area is 161 Å². The summed E-state index contributed by atoms with van der Waals surface area (Å²) in [6, 6.07) is 11.6. The number of carbonyl (C=O) groups is 1. The molecule has 1 fully saturated rings. The molecule has 144 valence electrons. The average molecular weight is 397 g/mol. The summed E-state index contributed by atoms with van der Waals surface area (Å²) < 4.78 is 39.1. The second-order valence-electron chi connectivity index (χ2n) is 7.18. The predicted octanol–water partition coefficient (Wildman–Crippen LogP) is 4.43. The van der Waals surface area contributed by atoms with Gasteiger partial charge in [0, 0.05) is 23.6 Å². The number of aryl methyl sites for hydroxylation is 1. The fourth-order valence-electron chi connectivity index (χ4n) is 4.21. The molecule has 2 aliphatic rings. The van der Waals surface area contributed by atoms with Crippen molar-refractivity contribution >= 4 is 24.0 Å². The van der Waals surface area contributed by atoms with Gasteiger partial charge in [0.25, 0.3) is 0 Å². The van der Waals surface area contributed by atoms with E-state index in [1.54, 1.807) is 0 Å². The molecule has 0 aliphatic heterocycles. The second kappa shape index (κ2) is 6.84. The summed E-state index contributed by atoms with van der Waals surface area (Å²) in [5.41, 5.74) is 7.54. The Morgan fingerprint density at radius 3 is 2.67 bits per heavy atom. The van der Waals surface area contributed by atoms with Gasteiger partial charge in [0.15, 0.2) is 0 Å². The van der Waals surface area contributed by atoms with Crippen LogP contribution in [-0.2, 0) is 29.4 Å². The highest BCUT2D eigenvalue weighted by atomic mass is 35.5. The molecule has 0 saturated heterocycles. The van der Waals surface area contributed by atoms with Crippen molar-refractivity contribution in [1.82, 2.24) is 0 Å². The Kier molecular flexibility index (Phi) is 4.99. The predicted molar refractivity (Wildman–Crippen MR) is 99.8 cm³/mol. The number of hydrogen-bond donors (Lipinski definition) is 2. The van der Waals surface area contributed by atoms with E-state index in [0.717, 1.165) is 31.4 Å². The average Bonchev–Trinajstić information content (AvgIpc) is 3.23. The van der Waals surface area contributed by atoms with Crippen LogP contribution >= 0.6 is 12.4 Å². The SMILES string of the molecule is Cl.NCc1cc(NC(=O)C2CC23CCc2ccccc23)cc(C(F)(F)F)c1. The number of amides is 1. The largest absolute Gasteiger partial charge is 0.416 e. The van der Waals surface area contributed by atoms with Crippen molar-refractivity contribution in [1.29, 1.82) is 0 Å². The van der Waals surface area contributed by atoms with Crippen molar-refractivity contribution in [3.8, 4) is 0 Å². The molecular formula is C20H20ClF3N2O. The molecule has 1 saturated carbocycles. The third-order valence-corrected chi connectivity index (χ3v) is 5.61. The monoisotopic (exact) mass is 396 g/mol.